The molecule has 1 atom stereocenters. The van der Waals surface area contributed by atoms with Gasteiger partial charge in [0.1, 0.15) is 12.0 Å². The molecule has 0 unspecified atom stereocenters. The molecule has 0 saturated heterocycles. The Morgan fingerprint density at radius 3 is 2.86 bits per heavy atom. The molecular weight excluding hydrogens is 266 g/mol. The Labute approximate surface area is 124 Å². The summed E-state index contributed by atoms with van der Waals surface area (Å²) in [6, 6.07) is 3.99. The molecule has 2 aromatic rings. The smallest absolute Gasteiger partial charge is 0.268 e. The van der Waals surface area contributed by atoms with E-state index in [1.54, 1.807) is 6.33 Å². The third kappa shape index (κ3) is 2.70. The van der Waals surface area contributed by atoms with E-state index in [0.29, 0.717) is 11.7 Å². The van der Waals surface area contributed by atoms with Gasteiger partial charge in [0.15, 0.2) is 5.82 Å². The van der Waals surface area contributed by atoms with Gasteiger partial charge in [0, 0.05) is 19.3 Å². The minimum Gasteiger partial charge on any atom is -0.347 e. The number of hydrogen-bond donors (Lipinski definition) is 1. The lowest BCUT2D eigenvalue weighted by molar-refractivity contribution is 0.0929. The minimum absolute atomic E-state index is 0.0871. The lowest BCUT2D eigenvalue weighted by Gasteiger charge is -2.18. The van der Waals surface area contributed by atoms with Crippen molar-refractivity contribution in [1.29, 1.82) is 0 Å². The van der Waals surface area contributed by atoms with E-state index in [-0.39, 0.29) is 11.9 Å². The van der Waals surface area contributed by atoms with Crippen LogP contribution in [0.3, 0.4) is 0 Å². The Hall–Kier alpha value is -2.11. The van der Waals surface area contributed by atoms with Crippen molar-refractivity contribution in [2.45, 2.75) is 44.7 Å². The van der Waals surface area contributed by atoms with E-state index < -0.39 is 0 Å². The zero-order valence-electron chi connectivity index (χ0n) is 12.5. The Bertz CT molecular complexity index is 624. The van der Waals surface area contributed by atoms with Gasteiger partial charge in [-0.15, -0.1) is 10.2 Å². The number of nitrogens with zero attached hydrogens (tertiary/aromatic N) is 4. The Balaban J connectivity index is 1.74. The first-order valence-electron chi connectivity index (χ1n) is 7.48. The predicted octanol–water partition coefficient (Wildman–Crippen LogP) is 2.22. The summed E-state index contributed by atoms with van der Waals surface area (Å²) in [5, 5.41) is 11.2. The predicted molar refractivity (Wildman–Crippen MR) is 78.8 cm³/mol. The maximum atomic E-state index is 12.3. The molecule has 2 heterocycles. The Morgan fingerprint density at radius 2 is 2.19 bits per heavy atom. The number of aromatic nitrogens is 4. The Morgan fingerprint density at radius 1 is 1.43 bits per heavy atom. The van der Waals surface area contributed by atoms with Gasteiger partial charge in [0.2, 0.25) is 0 Å². The van der Waals surface area contributed by atoms with Crippen molar-refractivity contribution in [3.8, 4) is 0 Å². The van der Waals surface area contributed by atoms with Crippen LogP contribution in [0.25, 0.3) is 0 Å². The normalized spacial score (nSPS) is 17.0. The van der Waals surface area contributed by atoms with Crippen LogP contribution >= 0.6 is 0 Å². The van der Waals surface area contributed by atoms with Crippen LogP contribution < -0.4 is 5.32 Å². The molecule has 0 bridgehead atoms. The Kier molecular flexibility index (Phi) is 3.77. The number of carbonyl (C=O) groups is 1. The topological polar surface area (TPSA) is 64.7 Å². The van der Waals surface area contributed by atoms with E-state index in [9.17, 15) is 4.79 Å². The number of hydrogen-bond acceptors (Lipinski definition) is 3. The molecule has 2 aromatic heterocycles. The van der Waals surface area contributed by atoms with Gasteiger partial charge in [-0.2, -0.15) is 0 Å². The lowest BCUT2D eigenvalue weighted by atomic mass is 10.2. The SMILES string of the molecule is C[C@@H](NC(=O)c1cccn1C)c1nncn1C1CCCC1. The molecule has 1 saturated carbocycles. The summed E-state index contributed by atoms with van der Waals surface area (Å²) in [7, 11) is 1.86. The van der Waals surface area contributed by atoms with Gasteiger partial charge in [-0.05, 0) is 31.9 Å². The van der Waals surface area contributed by atoms with Crippen molar-refractivity contribution in [3.05, 3.63) is 36.2 Å². The van der Waals surface area contributed by atoms with Gasteiger partial charge in [-0.1, -0.05) is 12.8 Å². The van der Waals surface area contributed by atoms with Crippen LogP contribution in [-0.2, 0) is 7.05 Å². The number of nitrogens with one attached hydrogen (secondary N) is 1. The van der Waals surface area contributed by atoms with E-state index in [0.717, 1.165) is 5.82 Å². The van der Waals surface area contributed by atoms with Crippen molar-refractivity contribution >= 4 is 5.91 Å². The molecule has 1 N–H and O–H groups in total. The number of amides is 1. The summed E-state index contributed by atoms with van der Waals surface area (Å²) in [6.45, 7) is 1.95. The van der Waals surface area contributed by atoms with Crippen LogP contribution in [0.15, 0.2) is 24.7 Å². The second kappa shape index (κ2) is 5.71. The highest BCUT2D eigenvalue weighted by Crippen LogP contribution is 2.31. The minimum atomic E-state index is -0.157. The summed E-state index contributed by atoms with van der Waals surface area (Å²) in [4.78, 5) is 12.3. The van der Waals surface area contributed by atoms with Crippen molar-refractivity contribution in [2.75, 3.05) is 0 Å². The molecule has 6 nitrogen and oxygen atoms in total. The zero-order valence-corrected chi connectivity index (χ0v) is 12.5. The number of rotatable bonds is 4. The molecule has 3 rings (SSSR count). The van der Waals surface area contributed by atoms with E-state index in [4.69, 9.17) is 0 Å². The lowest BCUT2D eigenvalue weighted by Crippen LogP contribution is -2.30. The van der Waals surface area contributed by atoms with Crippen molar-refractivity contribution in [2.24, 2.45) is 7.05 Å². The highest BCUT2D eigenvalue weighted by molar-refractivity contribution is 5.92. The first-order valence-corrected chi connectivity index (χ1v) is 7.48. The van der Waals surface area contributed by atoms with Gasteiger partial charge in [0.25, 0.3) is 5.91 Å². The van der Waals surface area contributed by atoms with Crippen LogP contribution in [0.1, 0.15) is 61.0 Å². The van der Waals surface area contributed by atoms with Gasteiger partial charge in [-0.3, -0.25) is 4.79 Å². The van der Waals surface area contributed by atoms with E-state index >= 15 is 0 Å². The second-order valence-corrected chi connectivity index (χ2v) is 5.73. The molecular formula is C15H21N5O. The third-order valence-electron chi connectivity index (χ3n) is 4.23. The second-order valence-electron chi connectivity index (χ2n) is 5.73. The van der Waals surface area contributed by atoms with Gasteiger partial charge in [-0.25, -0.2) is 0 Å². The third-order valence-corrected chi connectivity index (χ3v) is 4.23. The largest absolute Gasteiger partial charge is 0.347 e. The molecule has 21 heavy (non-hydrogen) atoms. The van der Waals surface area contributed by atoms with Crippen molar-refractivity contribution in [1.82, 2.24) is 24.6 Å². The zero-order chi connectivity index (χ0) is 14.8. The molecule has 6 heteroatoms. The maximum absolute atomic E-state index is 12.3. The highest BCUT2D eigenvalue weighted by atomic mass is 16.2. The molecule has 1 fully saturated rings. The molecule has 112 valence electrons. The van der Waals surface area contributed by atoms with Crippen molar-refractivity contribution < 1.29 is 4.79 Å². The van der Waals surface area contributed by atoms with Gasteiger partial charge in [0.05, 0.1) is 6.04 Å². The summed E-state index contributed by atoms with van der Waals surface area (Å²) in [5.41, 5.74) is 0.647. The summed E-state index contributed by atoms with van der Waals surface area (Å²) in [6.07, 6.45) is 8.50. The molecule has 0 spiro atoms. The van der Waals surface area contributed by atoms with E-state index in [1.165, 1.54) is 25.7 Å². The van der Waals surface area contributed by atoms with Crippen LogP contribution in [-0.4, -0.2) is 25.2 Å². The fourth-order valence-corrected chi connectivity index (χ4v) is 3.06. The standard InChI is InChI=1S/C15H21N5O/c1-11(17-15(21)13-8-5-9-19(13)2)14-18-16-10-20(14)12-6-3-4-7-12/h5,8-12H,3-4,6-7H2,1-2H3,(H,17,21)/t11-/m1/s1. The van der Waals surface area contributed by atoms with Crippen LogP contribution in [0.5, 0.6) is 0 Å². The molecule has 1 aliphatic carbocycles. The molecule has 0 aromatic carbocycles. The van der Waals surface area contributed by atoms with E-state index in [2.05, 4.69) is 20.1 Å². The molecule has 0 aliphatic heterocycles. The summed E-state index contributed by atoms with van der Waals surface area (Å²) < 4.78 is 3.94. The molecule has 1 aliphatic rings. The maximum Gasteiger partial charge on any atom is 0.268 e. The van der Waals surface area contributed by atoms with Gasteiger partial charge >= 0.3 is 0 Å². The van der Waals surface area contributed by atoms with E-state index in [1.807, 2.05) is 36.9 Å². The molecule has 0 radical (unpaired) electrons. The van der Waals surface area contributed by atoms with Gasteiger partial charge < -0.3 is 14.5 Å². The quantitative estimate of drug-likeness (QED) is 0.937. The first-order chi connectivity index (χ1) is 10.2. The fourth-order valence-electron chi connectivity index (χ4n) is 3.06. The summed E-state index contributed by atoms with van der Waals surface area (Å²) >= 11 is 0. The average Bonchev–Trinajstić information content (AvgIpc) is 3.19. The van der Waals surface area contributed by atoms with Crippen LogP contribution in [0.2, 0.25) is 0 Å². The van der Waals surface area contributed by atoms with Crippen molar-refractivity contribution in [3.63, 3.8) is 0 Å². The monoisotopic (exact) mass is 287 g/mol. The highest BCUT2D eigenvalue weighted by Gasteiger charge is 2.24. The fraction of sp³-hybridized carbons (Fsp3) is 0.533. The van der Waals surface area contributed by atoms with Crippen LogP contribution in [0.4, 0.5) is 0 Å². The number of aryl methyl sites for hydroxylation is 1. The molecule has 1 amide bonds. The average molecular weight is 287 g/mol. The first kappa shape index (κ1) is 13.9. The number of carbonyl (C=O) groups excluding carboxylic acids is 1. The summed E-state index contributed by atoms with van der Waals surface area (Å²) in [5.74, 6) is 0.750. The van der Waals surface area contributed by atoms with Crippen LogP contribution in [0, 0.1) is 0 Å².